The molecule has 9 heteroatoms. The van der Waals surface area contributed by atoms with Crippen LogP contribution in [0.4, 0.5) is 0 Å². The molecule has 0 aliphatic rings. The average molecular weight is 273 g/mol. The number of nitrogens with zero attached hydrogens (tertiary/aromatic N) is 1. The second-order valence-corrected chi connectivity index (χ2v) is 7.30. The van der Waals surface area contributed by atoms with Gasteiger partial charge in [0.25, 0.3) is 0 Å². The van der Waals surface area contributed by atoms with Gasteiger partial charge >= 0.3 is 0 Å². The highest BCUT2D eigenvalue weighted by Gasteiger charge is 2.04. The summed E-state index contributed by atoms with van der Waals surface area (Å²) in [5.74, 6) is 0. The standard InChI is InChI=1S/C7H19N3O4S2/c1-10(6-4-8-15(2,11)12)7-5-9-16(3,13)14/h8-9H,4-7H2,1-3H3. The lowest BCUT2D eigenvalue weighted by molar-refractivity contribution is 0.344. The number of hydrogen-bond acceptors (Lipinski definition) is 5. The number of rotatable bonds is 8. The van der Waals surface area contributed by atoms with Crippen LogP contribution in [0.1, 0.15) is 0 Å². The smallest absolute Gasteiger partial charge is 0.208 e. The summed E-state index contributed by atoms with van der Waals surface area (Å²) >= 11 is 0. The molecule has 0 aromatic heterocycles. The van der Waals surface area contributed by atoms with Crippen molar-refractivity contribution in [3.8, 4) is 0 Å². The van der Waals surface area contributed by atoms with Gasteiger partial charge < -0.3 is 4.90 Å². The Kier molecular flexibility index (Phi) is 6.41. The molecule has 98 valence electrons. The second-order valence-electron chi connectivity index (χ2n) is 3.64. The maximum absolute atomic E-state index is 10.7. The van der Waals surface area contributed by atoms with Crippen LogP contribution < -0.4 is 9.44 Å². The highest BCUT2D eigenvalue weighted by atomic mass is 32.2. The summed E-state index contributed by atoms with van der Waals surface area (Å²) in [4.78, 5) is 1.83. The van der Waals surface area contributed by atoms with Gasteiger partial charge in [-0.2, -0.15) is 0 Å². The van der Waals surface area contributed by atoms with Crippen LogP contribution in [0, 0.1) is 0 Å². The van der Waals surface area contributed by atoms with Crippen LogP contribution in [-0.2, 0) is 20.0 Å². The molecule has 0 aliphatic heterocycles. The molecule has 0 aliphatic carbocycles. The van der Waals surface area contributed by atoms with Gasteiger partial charge in [-0.05, 0) is 7.05 Å². The van der Waals surface area contributed by atoms with Crippen molar-refractivity contribution < 1.29 is 16.8 Å². The minimum atomic E-state index is -3.15. The Labute approximate surface area is 97.3 Å². The molecule has 0 spiro atoms. The van der Waals surface area contributed by atoms with Gasteiger partial charge in [0.15, 0.2) is 0 Å². The number of nitrogens with one attached hydrogen (secondary N) is 2. The van der Waals surface area contributed by atoms with Gasteiger partial charge in [0.1, 0.15) is 0 Å². The van der Waals surface area contributed by atoms with Crippen molar-refractivity contribution in [3.05, 3.63) is 0 Å². The van der Waals surface area contributed by atoms with Crippen LogP contribution in [0.5, 0.6) is 0 Å². The van der Waals surface area contributed by atoms with E-state index in [-0.39, 0.29) is 0 Å². The maximum atomic E-state index is 10.7. The predicted molar refractivity (Wildman–Crippen MR) is 63.2 cm³/mol. The van der Waals surface area contributed by atoms with E-state index >= 15 is 0 Å². The first-order valence-corrected chi connectivity index (χ1v) is 8.46. The molecule has 0 bridgehead atoms. The topological polar surface area (TPSA) is 95.6 Å². The molecule has 0 atom stereocenters. The molecule has 0 rings (SSSR count). The van der Waals surface area contributed by atoms with Crippen LogP contribution in [0.25, 0.3) is 0 Å². The van der Waals surface area contributed by atoms with E-state index < -0.39 is 20.0 Å². The Morgan fingerprint density at radius 3 is 1.44 bits per heavy atom. The summed E-state index contributed by atoms with van der Waals surface area (Å²) in [6.07, 6.45) is 2.19. The third-order valence-electron chi connectivity index (χ3n) is 1.72. The quantitative estimate of drug-likeness (QED) is 0.534. The molecule has 0 unspecified atom stereocenters. The Morgan fingerprint density at radius 1 is 0.875 bits per heavy atom. The fourth-order valence-electron chi connectivity index (χ4n) is 0.956. The first-order valence-electron chi connectivity index (χ1n) is 4.68. The second kappa shape index (κ2) is 6.50. The van der Waals surface area contributed by atoms with Crippen LogP contribution in [0.15, 0.2) is 0 Å². The Bertz CT molecular complexity index is 352. The summed E-state index contributed by atoms with van der Waals surface area (Å²) in [5, 5.41) is 0. The van der Waals surface area contributed by atoms with Crippen LogP contribution in [0.3, 0.4) is 0 Å². The third-order valence-corrected chi connectivity index (χ3v) is 3.17. The maximum Gasteiger partial charge on any atom is 0.208 e. The zero-order valence-electron chi connectivity index (χ0n) is 9.73. The van der Waals surface area contributed by atoms with E-state index in [0.29, 0.717) is 26.2 Å². The molecule has 0 aromatic rings. The van der Waals surface area contributed by atoms with Crippen molar-refractivity contribution in [2.75, 3.05) is 45.7 Å². The van der Waals surface area contributed by atoms with Crippen molar-refractivity contribution >= 4 is 20.0 Å². The van der Waals surface area contributed by atoms with E-state index in [0.717, 1.165) is 12.5 Å². The normalized spacial score (nSPS) is 13.2. The van der Waals surface area contributed by atoms with Crippen molar-refractivity contribution in [2.45, 2.75) is 0 Å². The predicted octanol–water partition coefficient (Wildman–Crippen LogP) is -1.98. The lowest BCUT2D eigenvalue weighted by Gasteiger charge is -2.16. The molecule has 7 nitrogen and oxygen atoms in total. The minimum absolute atomic E-state index is 0.314. The molecule has 2 N–H and O–H groups in total. The minimum Gasteiger partial charge on any atom is -0.304 e. The van der Waals surface area contributed by atoms with E-state index in [1.54, 1.807) is 7.05 Å². The van der Waals surface area contributed by atoms with E-state index in [1.807, 2.05) is 4.90 Å². The summed E-state index contributed by atoms with van der Waals surface area (Å²) in [7, 11) is -4.52. The molecule has 0 aromatic carbocycles. The van der Waals surface area contributed by atoms with E-state index in [4.69, 9.17) is 0 Å². The molecule has 0 saturated heterocycles. The van der Waals surface area contributed by atoms with Gasteiger partial charge in [0, 0.05) is 26.2 Å². The van der Waals surface area contributed by atoms with Gasteiger partial charge in [-0.1, -0.05) is 0 Å². The Balaban J connectivity index is 3.64. The highest BCUT2D eigenvalue weighted by molar-refractivity contribution is 7.89. The molecule has 0 fully saturated rings. The zero-order valence-corrected chi connectivity index (χ0v) is 11.4. The fraction of sp³-hybridized carbons (Fsp3) is 1.00. The first kappa shape index (κ1) is 15.8. The third kappa shape index (κ3) is 11.9. The molecular weight excluding hydrogens is 254 g/mol. The Morgan fingerprint density at radius 2 is 1.19 bits per heavy atom. The summed E-state index contributed by atoms with van der Waals surface area (Å²) in [6, 6.07) is 0. The summed E-state index contributed by atoms with van der Waals surface area (Å²) < 4.78 is 47.7. The monoisotopic (exact) mass is 273 g/mol. The first-order chi connectivity index (χ1) is 7.10. The molecular formula is C7H19N3O4S2. The van der Waals surface area contributed by atoms with Crippen LogP contribution in [-0.4, -0.2) is 67.5 Å². The van der Waals surface area contributed by atoms with Gasteiger partial charge in [-0.15, -0.1) is 0 Å². The highest BCUT2D eigenvalue weighted by Crippen LogP contribution is 1.82. The van der Waals surface area contributed by atoms with E-state index in [1.165, 1.54) is 0 Å². The van der Waals surface area contributed by atoms with Crippen molar-refractivity contribution in [2.24, 2.45) is 0 Å². The number of likely N-dealkylation sites (N-methyl/N-ethyl adjacent to an activating group) is 1. The summed E-state index contributed by atoms with van der Waals surface area (Å²) in [6.45, 7) is 1.68. The number of hydrogen-bond donors (Lipinski definition) is 2. The largest absolute Gasteiger partial charge is 0.304 e. The van der Waals surface area contributed by atoms with E-state index in [2.05, 4.69) is 9.44 Å². The van der Waals surface area contributed by atoms with Gasteiger partial charge in [0.05, 0.1) is 12.5 Å². The Hall–Kier alpha value is -0.220. The van der Waals surface area contributed by atoms with Crippen molar-refractivity contribution in [1.82, 2.24) is 14.3 Å². The molecule has 0 amide bonds. The van der Waals surface area contributed by atoms with Crippen molar-refractivity contribution in [1.29, 1.82) is 0 Å². The van der Waals surface area contributed by atoms with Gasteiger partial charge in [-0.3, -0.25) is 0 Å². The van der Waals surface area contributed by atoms with Gasteiger partial charge in [0.2, 0.25) is 20.0 Å². The van der Waals surface area contributed by atoms with Crippen LogP contribution in [0.2, 0.25) is 0 Å². The zero-order chi connectivity index (χ0) is 12.8. The lowest BCUT2D eigenvalue weighted by atomic mass is 10.5. The van der Waals surface area contributed by atoms with E-state index in [9.17, 15) is 16.8 Å². The average Bonchev–Trinajstić information content (AvgIpc) is 1.98. The molecule has 0 saturated carbocycles. The molecule has 16 heavy (non-hydrogen) atoms. The molecule has 0 radical (unpaired) electrons. The summed E-state index contributed by atoms with van der Waals surface area (Å²) in [5.41, 5.74) is 0. The molecule has 0 heterocycles. The van der Waals surface area contributed by atoms with Gasteiger partial charge in [-0.25, -0.2) is 26.3 Å². The number of sulfonamides is 2. The van der Waals surface area contributed by atoms with Crippen molar-refractivity contribution in [3.63, 3.8) is 0 Å². The van der Waals surface area contributed by atoms with Crippen LogP contribution >= 0.6 is 0 Å². The fourth-order valence-corrected chi connectivity index (χ4v) is 1.88. The lowest BCUT2D eigenvalue weighted by Crippen LogP contribution is -2.37. The SMILES string of the molecule is CN(CCNS(C)(=O)=O)CCNS(C)(=O)=O.